The van der Waals surface area contributed by atoms with E-state index in [1.54, 1.807) is 21.7 Å². The van der Waals surface area contributed by atoms with Crippen LogP contribution in [-0.4, -0.2) is 19.3 Å². The fourth-order valence-corrected chi connectivity index (χ4v) is 7.59. The van der Waals surface area contributed by atoms with Crippen LogP contribution in [0, 0.1) is 6.92 Å². The summed E-state index contributed by atoms with van der Waals surface area (Å²) in [6, 6.07) is 3.67. The summed E-state index contributed by atoms with van der Waals surface area (Å²) in [5.41, 5.74) is 1.15. The second-order valence-electron chi connectivity index (χ2n) is 4.81. The molecule has 3 rings (SSSR count). The van der Waals surface area contributed by atoms with Gasteiger partial charge in [0.05, 0.1) is 8.68 Å². The highest BCUT2D eigenvalue weighted by Crippen LogP contribution is 2.39. The minimum absolute atomic E-state index is 0.0897. The lowest BCUT2D eigenvalue weighted by Gasteiger charge is -2.32. The topological polar surface area (TPSA) is 37.4 Å². The molecule has 1 atom stereocenters. The molecule has 3 nitrogen and oxygen atoms in total. The first kappa shape index (κ1) is 14.7. The van der Waals surface area contributed by atoms with Gasteiger partial charge in [0.15, 0.2) is 0 Å². The van der Waals surface area contributed by atoms with Gasteiger partial charge in [0, 0.05) is 22.3 Å². The number of sulfonamides is 1. The second kappa shape index (κ2) is 5.21. The molecular weight excluding hydrogens is 378 g/mol. The standard InChI is InChI=1S/C13H14BrNO2S3/c1-8-10-4-6-18-11(10)3-5-15(8)20(16,17)12-7-13(14)19-9(12)2/h4,6-8H,3,5H2,1-2H3. The Bertz CT molecular complexity index is 748. The Hall–Kier alpha value is -0.210. The summed E-state index contributed by atoms with van der Waals surface area (Å²) in [6.45, 7) is 4.38. The average Bonchev–Trinajstić information content (AvgIpc) is 2.96. The number of fused-ring (bicyclic) bond motifs is 1. The maximum absolute atomic E-state index is 12.9. The highest BCUT2D eigenvalue weighted by Gasteiger charge is 2.35. The van der Waals surface area contributed by atoms with Crippen LogP contribution in [-0.2, 0) is 16.4 Å². The van der Waals surface area contributed by atoms with Crippen molar-refractivity contribution in [3.05, 3.63) is 36.6 Å². The molecule has 0 saturated heterocycles. The van der Waals surface area contributed by atoms with Gasteiger partial charge >= 0.3 is 0 Å². The molecule has 0 fully saturated rings. The summed E-state index contributed by atoms with van der Waals surface area (Å²) in [4.78, 5) is 2.58. The largest absolute Gasteiger partial charge is 0.244 e. The van der Waals surface area contributed by atoms with Crippen molar-refractivity contribution >= 4 is 48.6 Å². The van der Waals surface area contributed by atoms with Crippen LogP contribution in [0.4, 0.5) is 0 Å². The highest BCUT2D eigenvalue weighted by molar-refractivity contribution is 9.11. The molecule has 0 saturated carbocycles. The fourth-order valence-electron chi connectivity index (χ4n) is 2.63. The monoisotopic (exact) mass is 391 g/mol. The zero-order valence-corrected chi connectivity index (χ0v) is 15.1. The van der Waals surface area contributed by atoms with E-state index < -0.39 is 10.0 Å². The number of hydrogen-bond donors (Lipinski definition) is 0. The van der Waals surface area contributed by atoms with Gasteiger partial charge < -0.3 is 0 Å². The third kappa shape index (κ3) is 2.29. The SMILES string of the molecule is Cc1sc(Br)cc1S(=O)(=O)N1CCc2sccc2C1C. The number of thiophene rings is 2. The summed E-state index contributed by atoms with van der Waals surface area (Å²) in [5, 5.41) is 2.05. The van der Waals surface area contributed by atoms with Gasteiger partial charge in [-0.2, -0.15) is 4.31 Å². The Morgan fingerprint density at radius 2 is 2.20 bits per heavy atom. The average molecular weight is 392 g/mol. The number of hydrogen-bond acceptors (Lipinski definition) is 4. The van der Waals surface area contributed by atoms with Gasteiger partial charge in [0.25, 0.3) is 0 Å². The second-order valence-corrected chi connectivity index (χ2v) is 10.3. The predicted molar refractivity (Wildman–Crippen MR) is 87.1 cm³/mol. The van der Waals surface area contributed by atoms with Crippen LogP contribution in [0.2, 0.25) is 0 Å². The minimum atomic E-state index is -3.42. The van der Waals surface area contributed by atoms with E-state index >= 15 is 0 Å². The van der Waals surface area contributed by atoms with Gasteiger partial charge in [-0.05, 0) is 59.3 Å². The summed E-state index contributed by atoms with van der Waals surface area (Å²) in [6.07, 6.45) is 0.806. The molecule has 0 bridgehead atoms. The van der Waals surface area contributed by atoms with E-state index in [1.165, 1.54) is 16.2 Å². The molecule has 7 heteroatoms. The first-order chi connectivity index (χ1) is 9.41. The Balaban J connectivity index is 2.03. The molecule has 1 unspecified atom stereocenters. The smallest absolute Gasteiger partial charge is 0.207 e. The molecule has 20 heavy (non-hydrogen) atoms. The van der Waals surface area contributed by atoms with Crippen molar-refractivity contribution in [2.24, 2.45) is 0 Å². The molecule has 0 amide bonds. The molecule has 108 valence electrons. The number of halogens is 1. The van der Waals surface area contributed by atoms with Gasteiger partial charge in [-0.1, -0.05) is 0 Å². The molecule has 1 aliphatic heterocycles. The number of aryl methyl sites for hydroxylation is 1. The lowest BCUT2D eigenvalue weighted by atomic mass is 10.0. The molecule has 0 N–H and O–H groups in total. The Morgan fingerprint density at radius 1 is 1.45 bits per heavy atom. The van der Waals surface area contributed by atoms with Crippen molar-refractivity contribution in [2.45, 2.75) is 31.2 Å². The summed E-state index contributed by atoms with van der Waals surface area (Å²) in [7, 11) is -3.42. The van der Waals surface area contributed by atoms with E-state index in [0.717, 1.165) is 20.6 Å². The zero-order chi connectivity index (χ0) is 14.5. The summed E-state index contributed by atoms with van der Waals surface area (Å²) in [5.74, 6) is 0. The number of nitrogens with zero attached hydrogens (tertiary/aromatic N) is 1. The van der Waals surface area contributed by atoms with E-state index in [1.807, 2.05) is 25.3 Å². The van der Waals surface area contributed by atoms with Gasteiger partial charge in [0.2, 0.25) is 10.0 Å². The van der Waals surface area contributed by atoms with Gasteiger partial charge in [0.1, 0.15) is 0 Å². The Morgan fingerprint density at radius 3 is 2.85 bits per heavy atom. The van der Waals surface area contributed by atoms with Crippen LogP contribution in [0.1, 0.15) is 28.3 Å². The lowest BCUT2D eigenvalue weighted by Crippen LogP contribution is -2.38. The lowest BCUT2D eigenvalue weighted by molar-refractivity contribution is 0.329. The maximum Gasteiger partial charge on any atom is 0.244 e. The Kier molecular flexibility index (Phi) is 3.83. The van der Waals surface area contributed by atoms with E-state index in [9.17, 15) is 8.42 Å². The first-order valence-electron chi connectivity index (χ1n) is 6.25. The first-order valence-corrected chi connectivity index (χ1v) is 10.2. The van der Waals surface area contributed by atoms with Gasteiger partial charge in [-0.15, -0.1) is 22.7 Å². The van der Waals surface area contributed by atoms with E-state index in [4.69, 9.17) is 0 Å². The molecule has 0 spiro atoms. The summed E-state index contributed by atoms with van der Waals surface area (Å²) >= 11 is 6.55. The Labute approximate surface area is 135 Å². The minimum Gasteiger partial charge on any atom is -0.207 e. The van der Waals surface area contributed by atoms with E-state index in [2.05, 4.69) is 15.9 Å². The molecule has 1 aliphatic rings. The van der Waals surface area contributed by atoms with Crippen LogP contribution < -0.4 is 0 Å². The molecule has 0 aliphatic carbocycles. The molecule has 2 aromatic rings. The van der Waals surface area contributed by atoms with Crippen molar-refractivity contribution in [2.75, 3.05) is 6.54 Å². The van der Waals surface area contributed by atoms with E-state index in [-0.39, 0.29) is 6.04 Å². The zero-order valence-electron chi connectivity index (χ0n) is 11.1. The predicted octanol–water partition coefficient (Wildman–Crippen LogP) is 4.19. The van der Waals surface area contributed by atoms with Gasteiger partial charge in [-0.25, -0.2) is 8.42 Å². The van der Waals surface area contributed by atoms with Gasteiger partial charge in [-0.3, -0.25) is 0 Å². The van der Waals surface area contributed by atoms with Crippen LogP contribution in [0.3, 0.4) is 0 Å². The van der Waals surface area contributed by atoms with Crippen LogP contribution in [0.5, 0.6) is 0 Å². The third-order valence-electron chi connectivity index (χ3n) is 3.65. The van der Waals surface area contributed by atoms with Crippen molar-refractivity contribution in [3.8, 4) is 0 Å². The van der Waals surface area contributed by atoms with Crippen LogP contribution >= 0.6 is 38.6 Å². The van der Waals surface area contributed by atoms with Crippen molar-refractivity contribution in [1.29, 1.82) is 0 Å². The molecular formula is C13H14BrNO2S3. The van der Waals surface area contributed by atoms with Crippen molar-refractivity contribution < 1.29 is 8.42 Å². The third-order valence-corrected chi connectivity index (χ3v) is 8.43. The van der Waals surface area contributed by atoms with Crippen LogP contribution in [0.25, 0.3) is 0 Å². The van der Waals surface area contributed by atoms with Crippen LogP contribution in [0.15, 0.2) is 26.2 Å². The maximum atomic E-state index is 12.9. The molecule has 2 aromatic heterocycles. The highest BCUT2D eigenvalue weighted by atomic mass is 79.9. The quantitative estimate of drug-likeness (QED) is 0.769. The molecule has 0 radical (unpaired) electrons. The number of rotatable bonds is 2. The molecule has 0 aromatic carbocycles. The summed E-state index contributed by atoms with van der Waals surface area (Å²) < 4.78 is 28.2. The van der Waals surface area contributed by atoms with E-state index in [0.29, 0.717) is 11.4 Å². The fraction of sp³-hybridized carbons (Fsp3) is 0.385. The normalized spacial score (nSPS) is 20.1. The van der Waals surface area contributed by atoms with Crippen molar-refractivity contribution in [3.63, 3.8) is 0 Å². The molecule has 3 heterocycles. The van der Waals surface area contributed by atoms with Crippen molar-refractivity contribution in [1.82, 2.24) is 4.31 Å².